The van der Waals surface area contributed by atoms with Crippen LogP contribution in [0.5, 0.6) is 28.7 Å². The number of cyclic esters (lactones) is 1. The number of carbonyl (C=O) groups excluding carboxylic acids is 1. The van der Waals surface area contributed by atoms with Crippen molar-refractivity contribution in [3.8, 4) is 39.9 Å². The fraction of sp³-hybridized carbons (Fsp3) is 0.406. The monoisotopic (exact) mass is 651 g/mol. The summed E-state index contributed by atoms with van der Waals surface area (Å²) in [6.45, 7) is 2.07. The summed E-state index contributed by atoms with van der Waals surface area (Å²) in [5.41, 5.74) is 2.81. The number of aromatic nitrogens is 3. The van der Waals surface area contributed by atoms with Crippen LogP contribution in [0.1, 0.15) is 34.8 Å². The van der Waals surface area contributed by atoms with Crippen molar-refractivity contribution >= 4 is 16.7 Å². The largest absolute Gasteiger partial charge is 0.493 e. The quantitative estimate of drug-likeness (QED) is 0.167. The van der Waals surface area contributed by atoms with E-state index in [-0.39, 0.29) is 33.2 Å². The van der Waals surface area contributed by atoms with Crippen LogP contribution in [0, 0.1) is 0 Å². The number of carbonyl (C=O) groups is 1. The number of fused-ring (bicyclic) bond motifs is 3. The molecule has 5 atom stereocenters. The molecule has 1 aromatic heterocycles. The summed E-state index contributed by atoms with van der Waals surface area (Å²) in [7, 11) is 3.08. The summed E-state index contributed by atoms with van der Waals surface area (Å²) in [6, 6.07) is 9.11. The maximum Gasteiger partial charge on any atom is 0.339 e. The molecule has 0 saturated carbocycles. The molecule has 0 amide bonds. The molecular formula is C32H33N3O12. The Labute approximate surface area is 268 Å². The van der Waals surface area contributed by atoms with Crippen LogP contribution in [0.4, 0.5) is 0 Å². The lowest BCUT2D eigenvalue weighted by atomic mass is 9.89. The predicted molar refractivity (Wildman–Crippen MR) is 161 cm³/mol. The molecular weight excluding hydrogens is 618 g/mol. The summed E-state index contributed by atoms with van der Waals surface area (Å²) in [5.74, 6) is 2.13. The van der Waals surface area contributed by atoms with Crippen molar-refractivity contribution in [2.45, 2.75) is 50.8 Å². The predicted octanol–water partition coefficient (Wildman–Crippen LogP) is 2.11. The molecule has 0 radical (unpaired) electrons. The zero-order valence-electron chi connectivity index (χ0n) is 25.7. The van der Waals surface area contributed by atoms with Crippen LogP contribution in [0.3, 0.4) is 0 Å². The first-order valence-electron chi connectivity index (χ1n) is 14.9. The number of rotatable bonds is 10. The Morgan fingerprint density at radius 1 is 0.915 bits per heavy atom. The first-order valence-corrected chi connectivity index (χ1v) is 14.9. The highest BCUT2D eigenvalue weighted by Crippen LogP contribution is 2.49. The SMILES string of the molecule is COc1cc2c(OCCOCc3cn([C@H]4O[C@@H](C)[C@H](O)[C@@H](O)[C@H]4O)nn3)c3c(c(-c4ccc5c(c4)OCO5)c2cc1OC)C(=O)OC3. The normalized spacial score (nSPS) is 23.1. The smallest absolute Gasteiger partial charge is 0.339 e. The van der Waals surface area contributed by atoms with Gasteiger partial charge in [0.2, 0.25) is 6.79 Å². The molecule has 0 spiro atoms. The van der Waals surface area contributed by atoms with E-state index in [1.807, 2.05) is 12.1 Å². The number of aliphatic hydroxyl groups excluding tert-OH is 3. The maximum atomic E-state index is 13.2. The number of ether oxygens (including phenoxy) is 8. The summed E-state index contributed by atoms with van der Waals surface area (Å²) in [6.07, 6.45) is -4.22. The van der Waals surface area contributed by atoms with Gasteiger partial charge in [-0.2, -0.15) is 0 Å². The van der Waals surface area contributed by atoms with Crippen molar-refractivity contribution in [2.75, 3.05) is 34.2 Å². The lowest BCUT2D eigenvalue weighted by molar-refractivity contribution is -0.243. The Morgan fingerprint density at radius 3 is 2.47 bits per heavy atom. The molecule has 15 heteroatoms. The van der Waals surface area contributed by atoms with Crippen molar-refractivity contribution in [1.82, 2.24) is 15.0 Å². The second-order valence-electron chi connectivity index (χ2n) is 11.2. The van der Waals surface area contributed by atoms with E-state index in [1.165, 1.54) is 18.0 Å². The third kappa shape index (κ3) is 5.45. The van der Waals surface area contributed by atoms with Crippen LogP contribution in [-0.2, 0) is 27.4 Å². The maximum absolute atomic E-state index is 13.2. The van der Waals surface area contributed by atoms with Gasteiger partial charge in [0, 0.05) is 16.5 Å². The number of aliphatic hydroxyl groups is 3. The van der Waals surface area contributed by atoms with Crippen LogP contribution in [0.25, 0.3) is 21.9 Å². The molecule has 3 aliphatic rings. The fourth-order valence-corrected chi connectivity index (χ4v) is 6.06. The van der Waals surface area contributed by atoms with E-state index in [0.29, 0.717) is 61.9 Å². The van der Waals surface area contributed by atoms with Gasteiger partial charge in [0.25, 0.3) is 0 Å². The van der Waals surface area contributed by atoms with E-state index < -0.39 is 36.6 Å². The van der Waals surface area contributed by atoms with Gasteiger partial charge in [0.1, 0.15) is 43.0 Å². The highest BCUT2D eigenvalue weighted by atomic mass is 16.7. The molecule has 3 aliphatic heterocycles. The second kappa shape index (κ2) is 12.5. The highest BCUT2D eigenvalue weighted by molar-refractivity contribution is 6.14. The minimum absolute atomic E-state index is 0.0225. The Hall–Kier alpha value is -4.67. The van der Waals surface area contributed by atoms with Crippen LogP contribution in [-0.4, -0.2) is 94.9 Å². The molecule has 15 nitrogen and oxygen atoms in total. The molecule has 248 valence electrons. The van der Waals surface area contributed by atoms with Crippen molar-refractivity contribution < 1.29 is 58.0 Å². The lowest BCUT2D eigenvalue weighted by Gasteiger charge is -2.38. The molecule has 3 N–H and O–H groups in total. The molecule has 4 aromatic rings. The Balaban J connectivity index is 1.13. The van der Waals surface area contributed by atoms with E-state index in [4.69, 9.17) is 37.9 Å². The average Bonchev–Trinajstić information content (AvgIpc) is 3.84. The third-order valence-electron chi connectivity index (χ3n) is 8.45. The number of benzene rings is 3. The van der Waals surface area contributed by atoms with E-state index in [0.717, 1.165) is 5.56 Å². The van der Waals surface area contributed by atoms with Gasteiger partial charge in [0.15, 0.2) is 29.2 Å². The van der Waals surface area contributed by atoms with Gasteiger partial charge in [-0.1, -0.05) is 11.3 Å². The Kier molecular flexibility index (Phi) is 8.23. The van der Waals surface area contributed by atoms with E-state index >= 15 is 0 Å². The number of nitrogens with zero attached hydrogens (tertiary/aromatic N) is 3. The molecule has 47 heavy (non-hydrogen) atoms. The number of hydrogen-bond donors (Lipinski definition) is 3. The first-order chi connectivity index (χ1) is 22.8. The number of methoxy groups -OCH3 is 2. The number of esters is 1. The third-order valence-corrected chi connectivity index (χ3v) is 8.45. The minimum atomic E-state index is -1.40. The van der Waals surface area contributed by atoms with Gasteiger partial charge in [0.05, 0.1) is 45.3 Å². The first kappa shape index (κ1) is 31.0. The van der Waals surface area contributed by atoms with Crippen LogP contribution < -0.4 is 23.7 Å². The lowest BCUT2D eigenvalue weighted by Crippen LogP contribution is -2.54. The summed E-state index contributed by atoms with van der Waals surface area (Å²) in [5, 5.41) is 39.8. The van der Waals surface area contributed by atoms with Gasteiger partial charge < -0.3 is 53.2 Å². The Morgan fingerprint density at radius 2 is 1.68 bits per heavy atom. The molecule has 3 aromatic carbocycles. The van der Waals surface area contributed by atoms with Crippen LogP contribution in [0.2, 0.25) is 0 Å². The van der Waals surface area contributed by atoms with Gasteiger partial charge in [-0.15, -0.1) is 5.10 Å². The molecule has 7 rings (SSSR count). The topological polar surface area (TPSA) is 182 Å². The molecule has 0 bridgehead atoms. The molecule has 0 aliphatic carbocycles. The van der Waals surface area contributed by atoms with E-state index in [1.54, 1.807) is 32.2 Å². The molecule has 4 heterocycles. The zero-order valence-corrected chi connectivity index (χ0v) is 25.7. The number of hydrogen-bond acceptors (Lipinski definition) is 14. The van der Waals surface area contributed by atoms with Crippen molar-refractivity contribution in [2.24, 2.45) is 0 Å². The molecule has 1 saturated heterocycles. The summed E-state index contributed by atoms with van der Waals surface area (Å²) >= 11 is 0. The van der Waals surface area contributed by atoms with Crippen molar-refractivity contribution in [1.29, 1.82) is 0 Å². The van der Waals surface area contributed by atoms with Gasteiger partial charge in [-0.05, 0) is 42.1 Å². The van der Waals surface area contributed by atoms with Gasteiger partial charge in [-0.25, -0.2) is 9.48 Å². The minimum Gasteiger partial charge on any atom is -0.493 e. The van der Waals surface area contributed by atoms with Gasteiger partial charge in [-0.3, -0.25) is 0 Å². The summed E-state index contributed by atoms with van der Waals surface area (Å²) < 4.78 is 46.8. The Bertz CT molecular complexity index is 1830. The van der Waals surface area contributed by atoms with Crippen LogP contribution in [0.15, 0.2) is 36.5 Å². The standard InChI is InChI=1S/C32H33N3O12/c1-15-27(36)28(37)29(38)31(47-15)35-11-17(33-34-35)12-42-6-7-43-30-19-10-23(41-3)22(40-2)9-18(19)25(26-20(30)13-44-32(26)39)16-4-5-21-24(8-16)46-14-45-21/h4-5,8-11,15,27-29,31,36-38H,6-7,12-14H2,1-3H3/t15-,27-,28+,29+,31-/m0/s1. The van der Waals surface area contributed by atoms with Crippen molar-refractivity contribution in [3.63, 3.8) is 0 Å². The zero-order chi connectivity index (χ0) is 32.8. The second-order valence-corrected chi connectivity index (χ2v) is 11.2. The van der Waals surface area contributed by atoms with E-state index in [2.05, 4.69) is 10.3 Å². The van der Waals surface area contributed by atoms with E-state index in [9.17, 15) is 20.1 Å². The average molecular weight is 652 g/mol. The molecule has 0 unspecified atom stereocenters. The highest BCUT2D eigenvalue weighted by Gasteiger charge is 2.43. The van der Waals surface area contributed by atoms with Gasteiger partial charge >= 0.3 is 5.97 Å². The van der Waals surface area contributed by atoms with Crippen molar-refractivity contribution in [3.05, 3.63) is 53.3 Å². The fourth-order valence-electron chi connectivity index (χ4n) is 6.06. The molecule has 1 fully saturated rings. The summed E-state index contributed by atoms with van der Waals surface area (Å²) in [4.78, 5) is 13.2. The van der Waals surface area contributed by atoms with Crippen LogP contribution >= 0.6 is 0 Å².